The van der Waals surface area contributed by atoms with Gasteiger partial charge in [0, 0.05) is 24.6 Å². The first-order valence-corrected chi connectivity index (χ1v) is 8.64. The Bertz CT molecular complexity index is 694. The minimum absolute atomic E-state index is 0.0469. The highest BCUT2D eigenvalue weighted by Crippen LogP contribution is 2.63. The largest absolute Gasteiger partial charge is 0.390 e. The summed E-state index contributed by atoms with van der Waals surface area (Å²) in [6.45, 7) is 0.372. The fraction of sp³-hybridized carbons (Fsp3) is 0.556. The number of nitrogens with zero attached hydrogens (tertiary/aromatic N) is 1. The number of likely N-dealkylation sites (tertiary alicyclic amines) is 1. The van der Waals surface area contributed by atoms with Gasteiger partial charge < -0.3 is 20.1 Å². The maximum Gasteiger partial charge on any atom is 0.228 e. The highest BCUT2D eigenvalue weighted by molar-refractivity contribution is 5.91. The minimum Gasteiger partial charge on any atom is -0.390 e. The van der Waals surface area contributed by atoms with Crippen molar-refractivity contribution in [2.75, 3.05) is 11.9 Å². The number of carbonyl (C=O) groups is 2. The number of rotatable bonds is 4. The third-order valence-corrected chi connectivity index (χ3v) is 6.25. The van der Waals surface area contributed by atoms with E-state index in [2.05, 4.69) is 5.32 Å². The Hall–Kier alpha value is -1.92. The molecular weight excluding hydrogens is 308 g/mol. The number of nitrogens with one attached hydrogen (secondary N) is 1. The molecule has 4 fully saturated rings. The summed E-state index contributed by atoms with van der Waals surface area (Å²) < 4.78 is 6.00. The van der Waals surface area contributed by atoms with Gasteiger partial charge in [0.15, 0.2) is 0 Å². The molecule has 0 radical (unpaired) electrons. The van der Waals surface area contributed by atoms with Gasteiger partial charge in [0.1, 0.15) is 6.23 Å². The second-order valence-electron chi connectivity index (χ2n) is 7.34. The Morgan fingerprint density at radius 2 is 2.08 bits per heavy atom. The summed E-state index contributed by atoms with van der Waals surface area (Å²) in [6.07, 6.45) is 0.307. The van der Waals surface area contributed by atoms with Gasteiger partial charge in [-0.3, -0.25) is 9.59 Å². The van der Waals surface area contributed by atoms with E-state index in [1.807, 2.05) is 30.3 Å². The summed E-state index contributed by atoms with van der Waals surface area (Å²) in [6, 6.07) is 9.30. The van der Waals surface area contributed by atoms with Gasteiger partial charge in [-0.05, 0) is 30.4 Å². The average molecular weight is 328 g/mol. The van der Waals surface area contributed by atoms with Crippen LogP contribution in [0.2, 0.25) is 0 Å². The van der Waals surface area contributed by atoms with Crippen molar-refractivity contribution in [1.82, 2.24) is 4.90 Å². The molecule has 2 N–H and O–H groups in total. The fourth-order valence-electron chi connectivity index (χ4n) is 5.34. The number of aliphatic hydroxyl groups excluding tert-OH is 1. The third-order valence-electron chi connectivity index (χ3n) is 6.25. The Kier molecular flexibility index (Phi) is 3.03. The number of fused-ring (bicyclic) bond motifs is 2. The molecule has 2 saturated carbocycles. The van der Waals surface area contributed by atoms with Gasteiger partial charge in [-0.2, -0.15) is 0 Å². The van der Waals surface area contributed by atoms with Gasteiger partial charge in [-0.25, -0.2) is 0 Å². The van der Waals surface area contributed by atoms with Gasteiger partial charge in [0.25, 0.3) is 0 Å². The number of ether oxygens (including phenoxy) is 1. The molecule has 0 aromatic heterocycles. The summed E-state index contributed by atoms with van der Waals surface area (Å²) in [5.41, 5.74) is 0.758. The monoisotopic (exact) mass is 328 g/mol. The van der Waals surface area contributed by atoms with Crippen LogP contribution in [0.4, 0.5) is 5.69 Å². The van der Waals surface area contributed by atoms with Crippen molar-refractivity contribution in [2.24, 2.45) is 23.7 Å². The summed E-state index contributed by atoms with van der Waals surface area (Å²) in [5.74, 6) is 0.421. The van der Waals surface area contributed by atoms with E-state index in [1.54, 1.807) is 4.90 Å². The van der Waals surface area contributed by atoms with E-state index in [4.69, 9.17) is 4.74 Å². The molecule has 7 atom stereocenters. The number of hydrogen-bond acceptors (Lipinski definition) is 4. The zero-order chi connectivity index (χ0) is 16.4. The normalized spacial score (nSPS) is 41.3. The van der Waals surface area contributed by atoms with E-state index in [0.29, 0.717) is 12.5 Å². The number of carbonyl (C=O) groups excluding carboxylic acids is 2. The van der Waals surface area contributed by atoms with E-state index >= 15 is 0 Å². The number of para-hydroxylation sites is 1. The van der Waals surface area contributed by atoms with Crippen molar-refractivity contribution in [3.63, 3.8) is 0 Å². The van der Waals surface area contributed by atoms with Crippen LogP contribution in [0, 0.1) is 23.7 Å². The first-order chi connectivity index (χ1) is 11.6. The molecule has 24 heavy (non-hydrogen) atoms. The molecule has 4 aliphatic rings. The third kappa shape index (κ3) is 1.84. The van der Waals surface area contributed by atoms with Crippen molar-refractivity contribution in [3.05, 3.63) is 30.3 Å². The van der Waals surface area contributed by atoms with Gasteiger partial charge in [0.05, 0.1) is 18.1 Å². The van der Waals surface area contributed by atoms with Crippen LogP contribution in [0.15, 0.2) is 30.3 Å². The first kappa shape index (κ1) is 14.4. The Labute approximate surface area is 139 Å². The second-order valence-corrected chi connectivity index (χ2v) is 7.34. The lowest BCUT2D eigenvalue weighted by Crippen LogP contribution is -2.44. The van der Waals surface area contributed by atoms with Crippen LogP contribution in [-0.2, 0) is 14.3 Å². The van der Waals surface area contributed by atoms with Gasteiger partial charge in [0.2, 0.25) is 11.8 Å². The van der Waals surface area contributed by atoms with E-state index in [-0.39, 0.29) is 48.3 Å². The zero-order valence-corrected chi connectivity index (χ0v) is 13.2. The molecule has 2 heterocycles. The predicted molar refractivity (Wildman–Crippen MR) is 84.6 cm³/mol. The standard InChI is InChI=1S/C18H20N2O4/c21-12(19-9-4-2-1-3-5-9)6-7-20-17(23)13-10-8-11-14(13)18(20)24-16(11)15(10)22/h1-5,10-11,13-16,18,22H,6-8H2,(H,19,21). The van der Waals surface area contributed by atoms with Crippen molar-refractivity contribution in [2.45, 2.75) is 31.3 Å². The fourth-order valence-corrected chi connectivity index (χ4v) is 5.34. The number of aliphatic hydroxyl groups is 1. The molecule has 2 amide bonds. The van der Waals surface area contributed by atoms with Gasteiger partial charge in [-0.15, -0.1) is 0 Å². The highest BCUT2D eigenvalue weighted by Gasteiger charge is 2.72. The lowest BCUT2D eigenvalue weighted by molar-refractivity contribution is -0.151. The van der Waals surface area contributed by atoms with E-state index in [1.165, 1.54) is 0 Å². The molecule has 5 rings (SSSR count). The molecule has 0 spiro atoms. The quantitative estimate of drug-likeness (QED) is 0.858. The number of amides is 2. The highest BCUT2D eigenvalue weighted by atomic mass is 16.5. The van der Waals surface area contributed by atoms with E-state index in [0.717, 1.165) is 12.1 Å². The van der Waals surface area contributed by atoms with Crippen LogP contribution < -0.4 is 5.32 Å². The summed E-state index contributed by atoms with van der Waals surface area (Å²) in [4.78, 5) is 26.6. The number of hydrogen-bond donors (Lipinski definition) is 2. The van der Waals surface area contributed by atoms with E-state index in [9.17, 15) is 14.7 Å². The molecular formula is C18H20N2O4. The van der Waals surface area contributed by atoms with Crippen molar-refractivity contribution >= 4 is 17.5 Å². The van der Waals surface area contributed by atoms with Crippen molar-refractivity contribution in [1.29, 1.82) is 0 Å². The van der Waals surface area contributed by atoms with E-state index < -0.39 is 6.10 Å². The molecule has 1 aromatic carbocycles. The molecule has 2 bridgehead atoms. The SMILES string of the molecule is O=C(CCN1C(=O)C2C3CC4C(OC1C42)C3O)Nc1ccccc1. The maximum absolute atomic E-state index is 12.7. The molecule has 126 valence electrons. The summed E-state index contributed by atoms with van der Waals surface area (Å²) >= 11 is 0. The molecule has 7 unspecified atom stereocenters. The van der Waals surface area contributed by atoms with Crippen LogP contribution in [0.3, 0.4) is 0 Å². The predicted octanol–water partition coefficient (Wildman–Crippen LogP) is 0.825. The molecule has 2 aliphatic heterocycles. The Morgan fingerprint density at radius 1 is 1.29 bits per heavy atom. The number of anilines is 1. The molecule has 6 heteroatoms. The molecule has 2 saturated heterocycles. The molecule has 2 aliphatic carbocycles. The Morgan fingerprint density at radius 3 is 2.88 bits per heavy atom. The molecule has 1 aromatic rings. The lowest BCUT2D eigenvalue weighted by atomic mass is 9.80. The summed E-state index contributed by atoms with van der Waals surface area (Å²) in [5, 5.41) is 13.1. The first-order valence-electron chi connectivity index (χ1n) is 8.64. The number of benzene rings is 1. The van der Waals surface area contributed by atoms with Gasteiger partial charge in [-0.1, -0.05) is 18.2 Å². The van der Waals surface area contributed by atoms with Crippen molar-refractivity contribution < 1.29 is 19.4 Å². The zero-order valence-electron chi connectivity index (χ0n) is 13.2. The Balaban J connectivity index is 1.25. The minimum atomic E-state index is -0.492. The van der Waals surface area contributed by atoms with Gasteiger partial charge >= 0.3 is 0 Å². The summed E-state index contributed by atoms with van der Waals surface area (Å²) in [7, 11) is 0. The van der Waals surface area contributed by atoms with Crippen molar-refractivity contribution in [3.8, 4) is 0 Å². The average Bonchev–Trinajstić information content (AvgIpc) is 3.25. The maximum atomic E-state index is 12.7. The topological polar surface area (TPSA) is 78.9 Å². The van der Waals surface area contributed by atoms with Crippen LogP contribution in [0.1, 0.15) is 12.8 Å². The van der Waals surface area contributed by atoms with Crippen LogP contribution in [0.5, 0.6) is 0 Å². The second kappa shape index (κ2) is 5.04. The van der Waals surface area contributed by atoms with Crippen LogP contribution in [0.25, 0.3) is 0 Å². The molecule has 6 nitrogen and oxygen atoms in total. The lowest BCUT2D eigenvalue weighted by Gasteiger charge is -2.30. The smallest absolute Gasteiger partial charge is 0.228 e. The van der Waals surface area contributed by atoms with Crippen LogP contribution >= 0.6 is 0 Å². The van der Waals surface area contributed by atoms with Crippen LogP contribution in [-0.4, -0.2) is 46.8 Å².